The Balaban J connectivity index is 1.69. The minimum Gasteiger partial charge on any atom is -0.378 e. The van der Waals surface area contributed by atoms with E-state index in [9.17, 15) is 4.79 Å². The summed E-state index contributed by atoms with van der Waals surface area (Å²) in [7, 11) is 0. The lowest BCUT2D eigenvalue weighted by Crippen LogP contribution is -2.46. The third-order valence-electron chi connectivity index (χ3n) is 3.39. The van der Waals surface area contributed by atoms with Crippen molar-refractivity contribution in [2.75, 3.05) is 26.3 Å². The van der Waals surface area contributed by atoms with Gasteiger partial charge in [0.25, 0.3) is 0 Å². The number of urea groups is 1. The van der Waals surface area contributed by atoms with E-state index in [1.54, 1.807) is 0 Å². The third-order valence-corrected chi connectivity index (χ3v) is 3.39. The van der Waals surface area contributed by atoms with Crippen molar-refractivity contribution in [3.8, 4) is 0 Å². The Kier molecular flexibility index (Phi) is 2.73. The van der Waals surface area contributed by atoms with Crippen LogP contribution in [0.4, 0.5) is 4.79 Å². The molecule has 0 aliphatic carbocycles. The molecule has 17 heavy (non-hydrogen) atoms. The Hall–Kier alpha value is -1.55. The van der Waals surface area contributed by atoms with E-state index >= 15 is 0 Å². The average molecular weight is 232 g/mol. The van der Waals surface area contributed by atoms with Crippen molar-refractivity contribution in [2.24, 2.45) is 0 Å². The van der Waals surface area contributed by atoms with E-state index < -0.39 is 0 Å². The second kappa shape index (κ2) is 4.37. The largest absolute Gasteiger partial charge is 0.378 e. The Bertz CT molecular complexity index is 402. The first-order valence-electron chi connectivity index (χ1n) is 6.03. The molecular formula is C13H16N2O2. The first kappa shape index (κ1) is 10.6. The van der Waals surface area contributed by atoms with Gasteiger partial charge in [-0.25, -0.2) is 4.79 Å². The van der Waals surface area contributed by atoms with Gasteiger partial charge in [-0.05, 0) is 11.1 Å². The van der Waals surface area contributed by atoms with Crippen LogP contribution in [0.25, 0.3) is 0 Å². The van der Waals surface area contributed by atoms with Crippen LogP contribution in [0.15, 0.2) is 24.3 Å². The summed E-state index contributed by atoms with van der Waals surface area (Å²) in [5.74, 6) is 0. The summed E-state index contributed by atoms with van der Waals surface area (Å²) in [6.07, 6.45) is 0. The fourth-order valence-electron chi connectivity index (χ4n) is 2.42. The number of ether oxygens (including phenoxy) is 1. The number of carbonyl (C=O) groups is 1. The maximum Gasteiger partial charge on any atom is 0.320 e. The van der Waals surface area contributed by atoms with Gasteiger partial charge in [-0.2, -0.15) is 0 Å². The van der Waals surface area contributed by atoms with E-state index in [4.69, 9.17) is 4.74 Å². The number of amides is 2. The van der Waals surface area contributed by atoms with Gasteiger partial charge in [-0.15, -0.1) is 0 Å². The van der Waals surface area contributed by atoms with E-state index in [-0.39, 0.29) is 6.03 Å². The number of hydrogen-bond donors (Lipinski definition) is 0. The highest BCUT2D eigenvalue weighted by molar-refractivity contribution is 5.75. The fraction of sp³-hybridized carbons (Fsp3) is 0.462. The first-order chi connectivity index (χ1) is 8.34. The van der Waals surface area contributed by atoms with Gasteiger partial charge < -0.3 is 14.5 Å². The minimum absolute atomic E-state index is 0.143. The Morgan fingerprint density at radius 3 is 2.18 bits per heavy atom. The maximum atomic E-state index is 12.3. The molecule has 0 saturated carbocycles. The van der Waals surface area contributed by atoms with Crippen LogP contribution in [0.2, 0.25) is 0 Å². The fourth-order valence-corrected chi connectivity index (χ4v) is 2.42. The molecule has 2 aliphatic heterocycles. The van der Waals surface area contributed by atoms with Crippen LogP contribution in [0.5, 0.6) is 0 Å². The van der Waals surface area contributed by atoms with Crippen molar-refractivity contribution in [1.82, 2.24) is 9.80 Å². The monoisotopic (exact) mass is 232 g/mol. The topological polar surface area (TPSA) is 32.8 Å². The smallest absolute Gasteiger partial charge is 0.320 e. The normalized spacial score (nSPS) is 19.3. The molecule has 2 heterocycles. The van der Waals surface area contributed by atoms with Crippen LogP contribution in [0.1, 0.15) is 11.1 Å². The summed E-state index contributed by atoms with van der Waals surface area (Å²) < 4.78 is 5.26. The van der Waals surface area contributed by atoms with Crippen LogP contribution in [0.3, 0.4) is 0 Å². The molecule has 1 aromatic carbocycles. The molecule has 2 aliphatic rings. The molecule has 4 heteroatoms. The number of hydrogen-bond acceptors (Lipinski definition) is 2. The van der Waals surface area contributed by atoms with Gasteiger partial charge in [0, 0.05) is 26.2 Å². The van der Waals surface area contributed by atoms with E-state index in [0.717, 1.165) is 13.1 Å². The lowest BCUT2D eigenvalue weighted by atomic mass is 10.1. The average Bonchev–Trinajstić information content (AvgIpc) is 2.82. The van der Waals surface area contributed by atoms with E-state index in [1.165, 1.54) is 11.1 Å². The molecule has 0 N–H and O–H groups in total. The summed E-state index contributed by atoms with van der Waals surface area (Å²) >= 11 is 0. The van der Waals surface area contributed by atoms with Crippen LogP contribution < -0.4 is 0 Å². The van der Waals surface area contributed by atoms with Crippen LogP contribution in [-0.4, -0.2) is 42.1 Å². The van der Waals surface area contributed by atoms with Crippen molar-refractivity contribution in [3.05, 3.63) is 35.4 Å². The van der Waals surface area contributed by atoms with Crippen molar-refractivity contribution >= 4 is 6.03 Å². The number of morpholine rings is 1. The van der Waals surface area contributed by atoms with Gasteiger partial charge in [0.2, 0.25) is 0 Å². The molecule has 1 saturated heterocycles. The van der Waals surface area contributed by atoms with Crippen LogP contribution in [0, 0.1) is 0 Å². The van der Waals surface area contributed by atoms with E-state index in [2.05, 4.69) is 12.1 Å². The van der Waals surface area contributed by atoms with Crippen molar-refractivity contribution < 1.29 is 9.53 Å². The van der Waals surface area contributed by atoms with Gasteiger partial charge in [0.05, 0.1) is 13.2 Å². The lowest BCUT2D eigenvalue weighted by Gasteiger charge is -2.30. The zero-order chi connectivity index (χ0) is 11.7. The molecule has 90 valence electrons. The molecule has 0 spiro atoms. The summed E-state index contributed by atoms with van der Waals surface area (Å²) in [4.78, 5) is 16.1. The van der Waals surface area contributed by atoms with Crippen LogP contribution >= 0.6 is 0 Å². The highest BCUT2D eigenvalue weighted by Gasteiger charge is 2.27. The summed E-state index contributed by atoms with van der Waals surface area (Å²) in [5, 5.41) is 0. The lowest BCUT2D eigenvalue weighted by molar-refractivity contribution is 0.0430. The molecule has 1 fully saturated rings. The molecule has 4 nitrogen and oxygen atoms in total. The Labute approximate surface area is 101 Å². The van der Waals surface area contributed by atoms with E-state index in [1.807, 2.05) is 21.9 Å². The molecule has 1 aromatic rings. The standard InChI is InChI=1S/C13H16N2O2/c16-13(14-5-7-17-8-6-14)15-9-11-3-1-2-4-12(11)10-15/h1-4H,5-10H2. The second-order valence-electron chi connectivity index (χ2n) is 4.51. The summed E-state index contributed by atoms with van der Waals surface area (Å²) in [5.41, 5.74) is 2.54. The highest BCUT2D eigenvalue weighted by atomic mass is 16.5. The second-order valence-corrected chi connectivity index (χ2v) is 4.51. The van der Waals surface area contributed by atoms with Gasteiger partial charge >= 0.3 is 6.03 Å². The predicted octanol–water partition coefficient (Wildman–Crippen LogP) is 1.45. The van der Waals surface area contributed by atoms with Crippen LogP contribution in [-0.2, 0) is 17.8 Å². The summed E-state index contributed by atoms with van der Waals surface area (Å²) in [6, 6.07) is 8.40. The maximum absolute atomic E-state index is 12.3. The molecule has 0 unspecified atom stereocenters. The van der Waals surface area contributed by atoms with Gasteiger partial charge in [0.15, 0.2) is 0 Å². The molecule has 0 aromatic heterocycles. The van der Waals surface area contributed by atoms with E-state index in [0.29, 0.717) is 26.3 Å². The Morgan fingerprint density at radius 2 is 1.59 bits per heavy atom. The number of nitrogens with zero attached hydrogens (tertiary/aromatic N) is 2. The highest BCUT2D eigenvalue weighted by Crippen LogP contribution is 2.23. The van der Waals surface area contributed by atoms with Crippen molar-refractivity contribution in [3.63, 3.8) is 0 Å². The zero-order valence-corrected chi connectivity index (χ0v) is 9.76. The molecule has 3 rings (SSSR count). The number of carbonyl (C=O) groups excluding carboxylic acids is 1. The first-order valence-corrected chi connectivity index (χ1v) is 6.03. The SMILES string of the molecule is O=C(N1CCOCC1)N1Cc2ccccc2C1. The third kappa shape index (κ3) is 2.00. The minimum atomic E-state index is 0.143. The zero-order valence-electron chi connectivity index (χ0n) is 9.76. The van der Waals surface area contributed by atoms with Gasteiger partial charge in [-0.3, -0.25) is 0 Å². The Morgan fingerprint density at radius 1 is 1.00 bits per heavy atom. The van der Waals surface area contributed by atoms with Crippen molar-refractivity contribution in [1.29, 1.82) is 0 Å². The molecule has 0 bridgehead atoms. The van der Waals surface area contributed by atoms with Gasteiger partial charge in [-0.1, -0.05) is 24.3 Å². The molecule has 2 amide bonds. The number of benzene rings is 1. The van der Waals surface area contributed by atoms with Gasteiger partial charge in [0.1, 0.15) is 0 Å². The molecule has 0 radical (unpaired) electrons. The quantitative estimate of drug-likeness (QED) is 0.678. The molecular weight excluding hydrogens is 216 g/mol. The number of fused-ring (bicyclic) bond motifs is 1. The molecule has 0 atom stereocenters. The number of rotatable bonds is 0. The predicted molar refractivity (Wildman–Crippen MR) is 63.5 cm³/mol. The summed E-state index contributed by atoms with van der Waals surface area (Å²) in [6.45, 7) is 4.23. The van der Waals surface area contributed by atoms with Crippen molar-refractivity contribution in [2.45, 2.75) is 13.1 Å².